The van der Waals surface area contributed by atoms with Crippen LogP contribution in [0.15, 0.2) is 36.4 Å². The Labute approximate surface area is 146 Å². The number of carbonyl (C=O) groups excluding carboxylic acids is 1. The van der Waals surface area contributed by atoms with E-state index in [4.69, 9.17) is 4.74 Å². The highest BCUT2D eigenvalue weighted by atomic mass is 19.1. The maximum Gasteiger partial charge on any atom is 0.162 e. The van der Waals surface area contributed by atoms with E-state index < -0.39 is 11.4 Å². The Morgan fingerprint density at radius 2 is 1.84 bits per heavy atom. The van der Waals surface area contributed by atoms with Crippen LogP contribution in [0.25, 0.3) is 0 Å². The number of hydrogen-bond acceptors (Lipinski definition) is 2. The Kier molecular flexibility index (Phi) is 4.63. The summed E-state index contributed by atoms with van der Waals surface area (Å²) in [5.41, 5.74) is 0.966. The van der Waals surface area contributed by atoms with E-state index in [1.165, 1.54) is 25.1 Å². The van der Waals surface area contributed by atoms with Crippen molar-refractivity contribution in [2.24, 2.45) is 5.92 Å². The molecule has 132 valence electrons. The van der Waals surface area contributed by atoms with Crippen molar-refractivity contribution in [3.63, 3.8) is 0 Å². The smallest absolute Gasteiger partial charge is 0.162 e. The third-order valence-electron chi connectivity index (χ3n) is 5.13. The highest BCUT2D eigenvalue weighted by molar-refractivity contribution is 5.94. The molecule has 2 nitrogen and oxygen atoms in total. The van der Waals surface area contributed by atoms with Crippen molar-refractivity contribution >= 4 is 5.78 Å². The Hall–Kier alpha value is -2.23. The monoisotopic (exact) mass is 344 g/mol. The normalized spacial score (nSPS) is 22.4. The second-order valence-corrected chi connectivity index (χ2v) is 6.94. The van der Waals surface area contributed by atoms with Crippen LogP contribution in [0, 0.1) is 24.5 Å². The molecule has 25 heavy (non-hydrogen) atoms. The van der Waals surface area contributed by atoms with Gasteiger partial charge in [-0.25, -0.2) is 8.78 Å². The van der Waals surface area contributed by atoms with Crippen LogP contribution < -0.4 is 4.74 Å². The molecule has 1 saturated carbocycles. The van der Waals surface area contributed by atoms with E-state index >= 15 is 0 Å². The summed E-state index contributed by atoms with van der Waals surface area (Å²) in [5.74, 6) is -0.131. The number of aryl methyl sites for hydroxylation is 1. The second kappa shape index (κ2) is 6.58. The molecule has 1 aliphatic carbocycles. The maximum atomic E-state index is 13.8. The molecule has 1 fully saturated rings. The highest BCUT2D eigenvalue weighted by Crippen LogP contribution is 2.50. The van der Waals surface area contributed by atoms with Crippen LogP contribution in [0.1, 0.15) is 54.6 Å². The number of ether oxygens (including phenoxy) is 1. The summed E-state index contributed by atoms with van der Waals surface area (Å²) in [4.78, 5) is 11.6. The van der Waals surface area contributed by atoms with Crippen molar-refractivity contribution < 1.29 is 18.3 Å². The predicted octanol–water partition coefficient (Wildman–Crippen LogP) is 5.57. The van der Waals surface area contributed by atoms with Gasteiger partial charge in [-0.2, -0.15) is 0 Å². The lowest BCUT2D eigenvalue weighted by Crippen LogP contribution is -2.46. The van der Waals surface area contributed by atoms with Crippen LogP contribution in [0.4, 0.5) is 8.78 Å². The minimum Gasteiger partial charge on any atom is -0.483 e. The molecule has 3 rings (SSSR count). The van der Waals surface area contributed by atoms with Crippen molar-refractivity contribution in [2.75, 3.05) is 0 Å². The number of rotatable bonds is 5. The summed E-state index contributed by atoms with van der Waals surface area (Å²) in [5, 5.41) is 0. The van der Waals surface area contributed by atoms with Gasteiger partial charge in [-0.15, -0.1) is 0 Å². The molecule has 0 spiro atoms. The van der Waals surface area contributed by atoms with E-state index in [2.05, 4.69) is 6.92 Å². The first-order chi connectivity index (χ1) is 11.8. The quantitative estimate of drug-likeness (QED) is 0.663. The zero-order chi connectivity index (χ0) is 18.2. The van der Waals surface area contributed by atoms with Gasteiger partial charge in [0.15, 0.2) is 5.78 Å². The third-order valence-corrected chi connectivity index (χ3v) is 5.13. The zero-order valence-electron chi connectivity index (χ0n) is 14.7. The zero-order valence-corrected chi connectivity index (χ0v) is 14.7. The molecule has 2 aromatic carbocycles. The number of Topliss-reactive ketones (excluding diaryl/α,β-unsaturated/α-hetero) is 1. The van der Waals surface area contributed by atoms with E-state index in [0.717, 1.165) is 24.8 Å². The highest BCUT2D eigenvalue weighted by Gasteiger charge is 2.47. The molecule has 0 radical (unpaired) electrons. The van der Waals surface area contributed by atoms with Crippen molar-refractivity contribution in [3.05, 3.63) is 64.7 Å². The Morgan fingerprint density at radius 1 is 1.16 bits per heavy atom. The van der Waals surface area contributed by atoms with Gasteiger partial charge in [0.05, 0.1) is 5.56 Å². The molecular formula is C21H22F2O2. The number of halogens is 2. The van der Waals surface area contributed by atoms with E-state index in [-0.39, 0.29) is 17.2 Å². The average molecular weight is 344 g/mol. The molecule has 2 aromatic rings. The number of ketones is 1. The Bertz CT molecular complexity index is 808. The second-order valence-electron chi connectivity index (χ2n) is 6.94. The van der Waals surface area contributed by atoms with Gasteiger partial charge < -0.3 is 4.74 Å². The molecule has 0 unspecified atom stereocenters. The fraction of sp³-hybridized carbons (Fsp3) is 0.381. The van der Waals surface area contributed by atoms with Crippen LogP contribution in [0.2, 0.25) is 0 Å². The molecule has 4 heteroatoms. The summed E-state index contributed by atoms with van der Waals surface area (Å²) in [6.07, 6.45) is 2.69. The molecular weight excluding hydrogens is 322 g/mol. The fourth-order valence-corrected chi connectivity index (χ4v) is 3.53. The Morgan fingerprint density at radius 3 is 2.44 bits per heavy atom. The first-order valence-electron chi connectivity index (χ1n) is 8.61. The third kappa shape index (κ3) is 3.30. The molecule has 0 aromatic heterocycles. The molecule has 0 atom stereocenters. The number of benzene rings is 2. The predicted molar refractivity (Wildman–Crippen MR) is 92.9 cm³/mol. The van der Waals surface area contributed by atoms with Crippen molar-refractivity contribution in [1.82, 2.24) is 0 Å². The minimum absolute atomic E-state index is 0.0225. The average Bonchev–Trinajstić information content (AvgIpc) is 2.54. The summed E-state index contributed by atoms with van der Waals surface area (Å²) in [6, 6.07) is 9.28. The summed E-state index contributed by atoms with van der Waals surface area (Å²) in [7, 11) is 0. The topological polar surface area (TPSA) is 26.3 Å². The summed E-state index contributed by atoms with van der Waals surface area (Å²) < 4.78 is 33.7. The van der Waals surface area contributed by atoms with Crippen molar-refractivity contribution in [2.45, 2.75) is 45.6 Å². The van der Waals surface area contributed by atoms with Gasteiger partial charge in [-0.1, -0.05) is 19.4 Å². The summed E-state index contributed by atoms with van der Waals surface area (Å²) in [6.45, 7) is 5.20. The van der Waals surface area contributed by atoms with Crippen molar-refractivity contribution in [3.8, 4) is 5.75 Å². The lowest BCUT2D eigenvalue weighted by atomic mass is 9.66. The largest absolute Gasteiger partial charge is 0.483 e. The molecule has 0 aliphatic heterocycles. The van der Waals surface area contributed by atoms with E-state index in [1.54, 1.807) is 19.1 Å². The SMILES string of the molecule is CCC1CC(Oc2ccc(F)c(C(C)=O)c2)(c2ccc(F)c(C)c2)C1. The first kappa shape index (κ1) is 17.6. The molecule has 0 bridgehead atoms. The van der Waals surface area contributed by atoms with Crippen LogP contribution >= 0.6 is 0 Å². The van der Waals surface area contributed by atoms with Crippen LogP contribution in [-0.2, 0) is 5.60 Å². The van der Waals surface area contributed by atoms with Crippen LogP contribution in [0.5, 0.6) is 5.75 Å². The van der Waals surface area contributed by atoms with Crippen LogP contribution in [0.3, 0.4) is 0 Å². The van der Waals surface area contributed by atoms with Crippen LogP contribution in [-0.4, -0.2) is 5.78 Å². The molecule has 0 N–H and O–H groups in total. The lowest BCUT2D eigenvalue weighted by molar-refractivity contribution is -0.0570. The standard InChI is InChI=1S/C21H22F2O2/c1-4-15-11-21(12-15,16-5-7-19(22)13(2)9-16)25-17-6-8-20(23)18(10-17)14(3)24/h5-10,15H,4,11-12H2,1-3H3. The van der Waals surface area contributed by atoms with E-state index in [0.29, 0.717) is 17.2 Å². The number of carbonyl (C=O) groups is 1. The fourth-order valence-electron chi connectivity index (χ4n) is 3.53. The molecule has 0 heterocycles. The first-order valence-corrected chi connectivity index (χ1v) is 8.61. The number of hydrogen-bond donors (Lipinski definition) is 0. The van der Waals surface area contributed by atoms with Gasteiger partial charge in [0.1, 0.15) is 23.0 Å². The summed E-state index contributed by atoms with van der Waals surface area (Å²) >= 11 is 0. The lowest BCUT2D eigenvalue weighted by Gasteiger charge is -2.48. The van der Waals surface area contributed by atoms with Gasteiger partial charge in [0.2, 0.25) is 0 Å². The maximum absolute atomic E-state index is 13.8. The van der Waals surface area contributed by atoms with Gasteiger partial charge in [-0.3, -0.25) is 4.79 Å². The van der Waals surface area contributed by atoms with Gasteiger partial charge in [-0.05, 0) is 74.1 Å². The molecule has 1 aliphatic rings. The van der Waals surface area contributed by atoms with Crippen molar-refractivity contribution in [1.29, 1.82) is 0 Å². The Balaban J connectivity index is 1.96. The van der Waals surface area contributed by atoms with E-state index in [9.17, 15) is 13.6 Å². The van der Waals surface area contributed by atoms with Gasteiger partial charge in [0, 0.05) is 0 Å². The van der Waals surface area contributed by atoms with Gasteiger partial charge >= 0.3 is 0 Å². The minimum atomic E-state index is -0.551. The van der Waals surface area contributed by atoms with Gasteiger partial charge in [0.25, 0.3) is 0 Å². The van der Waals surface area contributed by atoms with E-state index in [1.807, 2.05) is 6.07 Å². The molecule has 0 amide bonds. The molecule has 0 saturated heterocycles.